The van der Waals surface area contributed by atoms with Crippen LogP contribution in [0.15, 0.2) is 0 Å². The first-order valence-electron chi connectivity index (χ1n) is 11.3. The monoisotopic (exact) mass is 366 g/mol. The highest BCUT2D eigenvalue weighted by Crippen LogP contribution is 2.51. The summed E-state index contributed by atoms with van der Waals surface area (Å²) in [7, 11) is 1.84. The lowest BCUT2D eigenvalue weighted by atomic mass is 9.97. The number of hydrogen-bond donors (Lipinski definition) is 0. The van der Waals surface area contributed by atoms with Crippen molar-refractivity contribution >= 4 is 5.97 Å². The predicted octanol–water partition coefficient (Wildman–Crippen LogP) is 6.44. The van der Waals surface area contributed by atoms with E-state index in [1.165, 1.54) is 83.5 Å². The number of unbranched alkanes of at least 4 members (excludes halogenated alkanes) is 9. The average Bonchev–Trinajstić information content (AvgIpc) is 3.54. The van der Waals surface area contributed by atoms with Crippen LogP contribution in [0.3, 0.4) is 0 Å². The summed E-state index contributed by atoms with van der Waals surface area (Å²) in [6.45, 7) is 3.40. The molecule has 26 heavy (non-hydrogen) atoms. The summed E-state index contributed by atoms with van der Waals surface area (Å²) in [6.07, 6.45) is 20.9. The van der Waals surface area contributed by atoms with E-state index in [4.69, 9.17) is 9.47 Å². The van der Waals surface area contributed by atoms with Crippen LogP contribution < -0.4 is 0 Å². The molecule has 0 N–H and O–H groups in total. The Hall–Kier alpha value is -0.570. The molecular formula is C23H42O3. The minimum Gasteiger partial charge on any atom is -0.466 e. The number of carbonyl (C=O) groups excluding carboxylic acids is 1. The van der Waals surface area contributed by atoms with Gasteiger partial charge in [-0.25, -0.2) is 0 Å². The van der Waals surface area contributed by atoms with Gasteiger partial charge in [0.05, 0.1) is 18.6 Å². The maximum atomic E-state index is 11.9. The van der Waals surface area contributed by atoms with Crippen LogP contribution >= 0.6 is 0 Å². The van der Waals surface area contributed by atoms with Gasteiger partial charge in [0.15, 0.2) is 0 Å². The fraction of sp³-hybridized carbons (Fsp3) is 0.957. The van der Waals surface area contributed by atoms with Crippen LogP contribution in [0.2, 0.25) is 0 Å². The van der Waals surface area contributed by atoms with Crippen LogP contribution in [-0.2, 0) is 14.3 Å². The van der Waals surface area contributed by atoms with Gasteiger partial charge in [0.2, 0.25) is 0 Å². The van der Waals surface area contributed by atoms with Crippen molar-refractivity contribution in [2.75, 3.05) is 20.3 Å². The zero-order valence-electron chi connectivity index (χ0n) is 17.5. The van der Waals surface area contributed by atoms with E-state index in [1.807, 2.05) is 14.0 Å². The number of rotatable bonds is 17. The van der Waals surface area contributed by atoms with Gasteiger partial charge in [-0.05, 0) is 50.9 Å². The van der Waals surface area contributed by atoms with Crippen molar-refractivity contribution < 1.29 is 14.3 Å². The molecule has 0 atom stereocenters. The van der Waals surface area contributed by atoms with E-state index in [2.05, 4.69) is 0 Å². The first kappa shape index (κ1) is 21.7. The lowest BCUT2D eigenvalue weighted by molar-refractivity contribution is -0.150. The molecule has 3 nitrogen and oxygen atoms in total. The lowest BCUT2D eigenvalue weighted by Gasteiger charge is -2.13. The number of methoxy groups -OCH3 is 1. The van der Waals surface area contributed by atoms with E-state index in [0.29, 0.717) is 12.0 Å². The van der Waals surface area contributed by atoms with Crippen LogP contribution in [0, 0.1) is 10.8 Å². The van der Waals surface area contributed by atoms with Gasteiger partial charge in [-0.15, -0.1) is 0 Å². The van der Waals surface area contributed by atoms with Gasteiger partial charge >= 0.3 is 5.97 Å². The molecule has 0 aromatic carbocycles. The Morgan fingerprint density at radius 3 is 1.69 bits per heavy atom. The summed E-state index contributed by atoms with van der Waals surface area (Å²) in [6, 6.07) is 0. The highest BCUT2D eigenvalue weighted by atomic mass is 16.5. The molecule has 0 spiro atoms. The van der Waals surface area contributed by atoms with Crippen LogP contribution in [0.1, 0.15) is 110 Å². The van der Waals surface area contributed by atoms with Crippen LogP contribution in [0.4, 0.5) is 0 Å². The largest absolute Gasteiger partial charge is 0.466 e. The molecule has 2 saturated carbocycles. The summed E-state index contributed by atoms with van der Waals surface area (Å²) in [5.41, 5.74) is 0.513. The third-order valence-corrected chi connectivity index (χ3v) is 6.58. The fourth-order valence-corrected chi connectivity index (χ4v) is 4.32. The van der Waals surface area contributed by atoms with E-state index in [0.717, 1.165) is 25.9 Å². The second-order valence-corrected chi connectivity index (χ2v) is 8.97. The predicted molar refractivity (Wildman–Crippen MR) is 107 cm³/mol. The van der Waals surface area contributed by atoms with Crippen LogP contribution in [0.5, 0.6) is 0 Å². The third kappa shape index (κ3) is 7.58. The van der Waals surface area contributed by atoms with Crippen molar-refractivity contribution in [3.8, 4) is 0 Å². The summed E-state index contributed by atoms with van der Waals surface area (Å²) in [4.78, 5) is 11.9. The average molecular weight is 367 g/mol. The first-order chi connectivity index (χ1) is 12.7. The highest BCUT2D eigenvalue weighted by Gasteiger charge is 2.50. The van der Waals surface area contributed by atoms with E-state index in [-0.39, 0.29) is 11.4 Å². The molecule has 3 heteroatoms. The quantitative estimate of drug-likeness (QED) is 0.219. The van der Waals surface area contributed by atoms with E-state index < -0.39 is 0 Å². The zero-order chi connectivity index (χ0) is 18.7. The SMILES string of the molecule is CCOC(=O)C1(CCCCCCCCCCCCC2(COC)CC2)CC1. The molecule has 0 bridgehead atoms. The Morgan fingerprint density at radius 2 is 1.27 bits per heavy atom. The summed E-state index contributed by atoms with van der Waals surface area (Å²) >= 11 is 0. The number of carbonyl (C=O) groups is 1. The number of esters is 1. The third-order valence-electron chi connectivity index (χ3n) is 6.58. The van der Waals surface area contributed by atoms with Crippen molar-refractivity contribution in [3.05, 3.63) is 0 Å². The first-order valence-corrected chi connectivity index (χ1v) is 11.3. The van der Waals surface area contributed by atoms with Gasteiger partial charge in [0.25, 0.3) is 0 Å². The molecule has 2 aliphatic rings. The smallest absolute Gasteiger partial charge is 0.312 e. The Bertz CT molecular complexity index is 396. The molecule has 0 unspecified atom stereocenters. The molecular weight excluding hydrogens is 324 g/mol. The molecule has 0 amide bonds. The standard InChI is InChI=1S/C23H42O3/c1-3-26-21(24)23(18-19-23)15-13-11-9-7-5-4-6-8-10-12-14-22(16-17-22)20-25-2/h3-20H2,1-2H3. The summed E-state index contributed by atoms with van der Waals surface area (Å²) in [5, 5.41) is 0. The molecule has 0 radical (unpaired) electrons. The number of hydrogen-bond acceptors (Lipinski definition) is 3. The van der Waals surface area contributed by atoms with Crippen molar-refractivity contribution in [3.63, 3.8) is 0 Å². The Morgan fingerprint density at radius 1 is 0.769 bits per heavy atom. The fourth-order valence-electron chi connectivity index (χ4n) is 4.32. The second-order valence-electron chi connectivity index (χ2n) is 8.97. The molecule has 152 valence electrons. The molecule has 0 aromatic heterocycles. The zero-order valence-corrected chi connectivity index (χ0v) is 17.5. The Balaban J connectivity index is 1.32. The molecule has 2 aliphatic carbocycles. The lowest BCUT2D eigenvalue weighted by Crippen LogP contribution is -2.18. The summed E-state index contributed by atoms with van der Waals surface area (Å²) < 4.78 is 10.5. The summed E-state index contributed by atoms with van der Waals surface area (Å²) in [5.74, 6) is 0.0647. The highest BCUT2D eigenvalue weighted by molar-refractivity contribution is 5.79. The minimum atomic E-state index is -0.0711. The maximum absolute atomic E-state index is 11.9. The molecule has 0 aliphatic heterocycles. The maximum Gasteiger partial charge on any atom is 0.312 e. The van der Waals surface area contributed by atoms with Crippen LogP contribution in [0.25, 0.3) is 0 Å². The normalized spacial score (nSPS) is 19.3. The van der Waals surface area contributed by atoms with E-state index in [1.54, 1.807) is 0 Å². The van der Waals surface area contributed by atoms with Gasteiger partial charge in [0, 0.05) is 7.11 Å². The van der Waals surface area contributed by atoms with Gasteiger partial charge in [0.1, 0.15) is 0 Å². The molecule has 0 heterocycles. The molecule has 2 rings (SSSR count). The van der Waals surface area contributed by atoms with Gasteiger partial charge in [-0.3, -0.25) is 4.79 Å². The Labute approximate surface area is 161 Å². The van der Waals surface area contributed by atoms with Crippen molar-refractivity contribution in [1.29, 1.82) is 0 Å². The minimum absolute atomic E-state index is 0.0647. The number of ether oxygens (including phenoxy) is 2. The van der Waals surface area contributed by atoms with Crippen molar-refractivity contribution in [2.24, 2.45) is 10.8 Å². The van der Waals surface area contributed by atoms with E-state index in [9.17, 15) is 4.79 Å². The molecule has 0 aromatic rings. The van der Waals surface area contributed by atoms with Crippen LogP contribution in [-0.4, -0.2) is 26.3 Å². The van der Waals surface area contributed by atoms with Crippen molar-refractivity contribution in [1.82, 2.24) is 0 Å². The van der Waals surface area contributed by atoms with Crippen molar-refractivity contribution in [2.45, 2.75) is 110 Å². The van der Waals surface area contributed by atoms with Gasteiger partial charge < -0.3 is 9.47 Å². The van der Waals surface area contributed by atoms with Gasteiger partial charge in [-0.2, -0.15) is 0 Å². The molecule has 2 fully saturated rings. The van der Waals surface area contributed by atoms with E-state index >= 15 is 0 Å². The second kappa shape index (κ2) is 11.3. The van der Waals surface area contributed by atoms with Gasteiger partial charge in [-0.1, -0.05) is 64.2 Å². The topological polar surface area (TPSA) is 35.5 Å². The Kier molecular flexibility index (Phi) is 9.45. The molecule has 0 saturated heterocycles.